The molecule has 0 saturated heterocycles. The maximum Gasteiger partial charge on any atom is 0.330 e. The minimum Gasteiger partial charge on any atom is -0.497 e. The fraction of sp³-hybridized carbons (Fsp3) is 0.394. The van der Waals surface area contributed by atoms with Gasteiger partial charge in [-0.25, -0.2) is 9.78 Å². The first-order valence-electron chi connectivity index (χ1n) is 14.6. The van der Waals surface area contributed by atoms with E-state index in [1.165, 1.54) is 0 Å². The van der Waals surface area contributed by atoms with Crippen LogP contribution in [0.1, 0.15) is 38.5 Å². The van der Waals surface area contributed by atoms with Gasteiger partial charge in [-0.2, -0.15) is 0 Å². The average molecular weight is 570 g/mol. The minimum absolute atomic E-state index is 0.195. The van der Waals surface area contributed by atoms with Crippen molar-refractivity contribution in [3.05, 3.63) is 66.7 Å². The van der Waals surface area contributed by atoms with E-state index in [1.54, 1.807) is 7.11 Å². The number of carboxylic acids is 1. The van der Waals surface area contributed by atoms with Gasteiger partial charge in [0.05, 0.1) is 30.2 Å². The van der Waals surface area contributed by atoms with Crippen molar-refractivity contribution in [3.8, 4) is 22.8 Å². The number of nitrogens with zero attached hydrogens (tertiary/aromatic N) is 1. The Labute approximate surface area is 244 Å². The van der Waals surface area contributed by atoms with Gasteiger partial charge in [0, 0.05) is 35.5 Å². The number of methoxy groups -OCH3 is 1. The number of aromatic nitrogens is 1. The SMILES string of the molecule is COc1ccc2c(O[C@H]3C[C@H]4C(=O)NCCCC/C=C/[C@@H]5C[C@@]5(C(=O)O)NC(=O)[C@@H]4C3)cc(-c3ccccc3)nc2c1. The molecule has 0 radical (unpaired) electrons. The number of fused-ring (bicyclic) bond motifs is 3. The summed E-state index contributed by atoms with van der Waals surface area (Å²) >= 11 is 0. The van der Waals surface area contributed by atoms with Gasteiger partial charge in [-0.15, -0.1) is 0 Å². The van der Waals surface area contributed by atoms with E-state index in [0.717, 1.165) is 35.9 Å². The van der Waals surface area contributed by atoms with E-state index in [4.69, 9.17) is 14.5 Å². The van der Waals surface area contributed by atoms with E-state index in [2.05, 4.69) is 10.6 Å². The van der Waals surface area contributed by atoms with Gasteiger partial charge in [-0.05, 0) is 50.7 Å². The summed E-state index contributed by atoms with van der Waals surface area (Å²) in [5, 5.41) is 16.6. The van der Waals surface area contributed by atoms with Gasteiger partial charge in [-0.3, -0.25) is 9.59 Å². The zero-order chi connectivity index (χ0) is 29.3. The molecule has 9 nitrogen and oxygen atoms in total. The first kappa shape index (κ1) is 27.8. The quantitative estimate of drug-likeness (QED) is 0.386. The van der Waals surface area contributed by atoms with Crippen LogP contribution < -0.4 is 20.1 Å². The van der Waals surface area contributed by atoms with Crippen molar-refractivity contribution in [2.45, 2.75) is 50.2 Å². The van der Waals surface area contributed by atoms with Crippen LogP contribution in [0.3, 0.4) is 0 Å². The second-order valence-corrected chi connectivity index (χ2v) is 11.5. The fourth-order valence-corrected chi connectivity index (χ4v) is 6.27. The lowest BCUT2D eigenvalue weighted by Gasteiger charge is -2.22. The topological polar surface area (TPSA) is 127 Å². The maximum absolute atomic E-state index is 13.6. The second kappa shape index (κ2) is 11.5. The number of amides is 2. The van der Waals surface area contributed by atoms with Gasteiger partial charge in [-0.1, -0.05) is 42.5 Å². The maximum atomic E-state index is 13.6. The molecule has 2 amide bonds. The van der Waals surface area contributed by atoms with Crippen LogP contribution in [-0.4, -0.2) is 53.2 Å². The molecule has 218 valence electrons. The molecular weight excluding hydrogens is 534 g/mol. The van der Waals surface area contributed by atoms with Crippen LogP contribution in [0.2, 0.25) is 0 Å². The molecule has 3 aliphatic rings. The number of allylic oxidation sites excluding steroid dienone is 1. The van der Waals surface area contributed by atoms with E-state index in [9.17, 15) is 19.5 Å². The molecule has 2 heterocycles. The zero-order valence-corrected chi connectivity index (χ0v) is 23.5. The standard InChI is InChI=1S/C33H35N3O6/c1-41-22-12-13-24-28(17-22)35-27(20-9-5-4-6-10-20)18-29(24)42-23-15-25-26(16-23)31(38)36-33(32(39)40)19-21(33)11-7-2-3-8-14-34-30(25)37/h4-7,9-13,17-18,21,23,25-26H,2-3,8,14-16,19H2,1H3,(H,34,37)(H,36,38)(H,39,40)/b11-7+/t21-,23+,25-,26-,33-/m1/s1. The zero-order valence-electron chi connectivity index (χ0n) is 23.5. The summed E-state index contributed by atoms with van der Waals surface area (Å²) in [5.74, 6) is -1.96. The van der Waals surface area contributed by atoms with Crippen LogP contribution in [0.15, 0.2) is 66.7 Å². The summed E-state index contributed by atoms with van der Waals surface area (Å²) in [6.45, 7) is 0.531. The van der Waals surface area contributed by atoms with Crippen LogP contribution in [0.25, 0.3) is 22.2 Å². The Balaban J connectivity index is 1.31. The van der Waals surface area contributed by atoms with Crippen molar-refractivity contribution in [1.29, 1.82) is 0 Å². The van der Waals surface area contributed by atoms with E-state index < -0.39 is 35.4 Å². The molecule has 3 N–H and O–H groups in total. The van der Waals surface area contributed by atoms with Gasteiger partial charge in [0.15, 0.2) is 0 Å². The predicted octanol–water partition coefficient (Wildman–Crippen LogP) is 4.50. The Morgan fingerprint density at radius 2 is 1.81 bits per heavy atom. The van der Waals surface area contributed by atoms with E-state index >= 15 is 0 Å². The molecular formula is C33H35N3O6. The highest BCUT2D eigenvalue weighted by Gasteiger charge is 2.61. The summed E-state index contributed by atoms with van der Waals surface area (Å²) < 4.78 is 12.0. The normalized spacial score (nSPS) is 28.4. The van der Waals surface area contributed by atoms with E-state index in [1.807, 2.05) is 66.7 Å². The van der Waals surface area contributed by atoms with Crippen LogP contribution in [0.4, 0.5) is 0 Å². The Hall–Kier alpha value is -4.40. The summed E-state index contributed by atoms with van der Waals surface area (Å²) in [6, 6.07) is 17.3. The van der Waals surface area contributed by atoms with Crippen LogP contribution in [0.5, 0.6) is 11.5 Å². The molecule has 9 heteroatoms. The first-order valence-corrected chi connectivity index (χ1v) is 14.6. The largest absolute Gasteiger partial charge is 0.497 e. The Morgan fingerprint density at radius 3 is 2.57 bits per heavy atom. The van der Waals surface area contributed by atoms with E-state index in [-0.39, 0.29) is 11.8 Å². The van der Waals surface area contributed by atoms with Gasteiger partial charge in [0.25, 0.3) is 0 Å². The Kier molecular flexibility index (Phi) is 7.58. The van der Waals surface area contributed by atoms with Gasteiger partial charge < -0.3 is 25.2 Å². The molecule has 3 aromatic rings. The highest BCUT2D eigenvalue weighted by atomic mass is 16.5. The average Bonchev–Trinajstić information content (AvgIpc) is 3.53. The number of carboxylic acid groups (broad SMARTS) is 1. The lowest BCUT2D eigenvalue weighted by molar-refractivity contribution is -0.144. The molecule has 6 rings (SSSR count). The molecule has 1 aromatic heterocycles. The lowest BCUT2D eigenvalue weighted by atomic mass is 9.93. The number of carbonyl (C=O) groups is 3. The molecule has 2 fully saturated rings. The van der Waals surface area contributed by atoms with Crippen molar-refractivity contribution in [2.75, 3.05) is 13.7 Å². The highest BCUT2D eigenvalue weighted by Crippen LogP contribution is 2.46. The number of rotatable bonds is 5. The number of carbonyl (C=O) groups excluding carboxylic acids is 2. The number of benzene rings is 2. The molecule has 0 bridgehead atoms. The first-order chi connectivity index (χ1) is 20.4. The summed E-state index contributed by atoms with van der Waals surface area (Å²) in [4.78, 5) is 44.0. The van der Waals surface area contributed by atoms with Gasteiger partial charge in [0.1, 0.15) is 23.1 Å². The number of ether oxygens (including phenoxy) is 2. The number of hydrogen-bond acceptors (Lipinski definition) is 6. The van der Waals surface area contributed by atoms with Crippen molar-refractivity contribution in [3.63, 3.8) is 0 Å². The number of aliphatic carboxylic acids is 1. The van der Waals surface area contributed by atoms with Gasteiger partial charge in [0.2, 0.25) is 11.8 Å². The Bertz CT molecular complexity index is 1540. The third-order valence-electron chi connectivity index (χ3n) is 8.74. The highest BCUT2D eigenvalue weighted by molar-refractivity contribution is 5.94. The smallest absolute Gasteiger partial charge is 0.330 e. The molecule has 0 spiro atoms. The predicted molar refractivity (Wildman–Crippen MR) is 157 cm³/mol. The van der Waals surface area contributed by atoms with Crippen molar-refractivity contribution < 1.29 is 29.0 Å². The van der Waals surface area contributed by atoms with Crippen LogP contribution in [0, 0.1) is 17.8 Å². The lowest BCUT2D eigenvalue weighted by Crippen LogP contribution is -2.49. The number of pyridine rings is 1. The van der Waals surface area contributed by atoms with Crippen LogP contribution >= 0.6 is 0 Å². The van der Waals surface area contributed by atoms with Crippen molar-refractivity contribution >= 4 is 28.7 Å². The number of nitrogens with one attached hydrogen (secondary N) is 2. The minimum atomic E-state index is -1.32. The number of hydrogen-bond donors (Lipinski definition) is 3. The van der Waals surface area contributed by atoms with E-state index in [0.29, 0.717) is 42.8 Å². The second-order valence-electron chi connectivity index (χ2n) is 11.5. The third kappa shape index (κ3) is 5.43. The summed E-state index contributed by atoms with van der Waals surface area (Å²) in [6.07, 6.45) is 6.94. The van der Waals surface area contributed by atoms with Crippen molar-refractivity contribution in [1.82, 2.24) is 15.6 Å². The van der Waals surface area contributed by atoms with Crippen LogP contribution in [-0.2, 0) is 14.4 Å². The molecule has 1 aliphatic heterocycles. The molecule has 42 heavy (non-hydrogen) atoms. The van der Waals surface area contributed by atoms with Crippen molar-refractivity contribution in [2.24, 2.45) is 17.8 Å². The molecule has 2 saturated carbocycles. The monoisotopic (exact) mass is 569 g/mol. The third-order valence-corrected chi connectivity index (χ3v) is 8.74. The van der Waals surface area contributed by atoms with Gasteiger partial charge >= 0.3 is 5.97 Å². The Morgan fingerprint density at radius 1 is 1.02 bits per heavy atom. The molecule has 2 aliphatic carbocycles. The molecule has 2 aromatic carbocycles. The molecule has 0 unspecified atom stereocenters. The fourth-order valence-electron chi connectivity index (χ4n) is 6.27. The summed E-state index contributed by atoms with van der Waals surface area (Å²) in [5.41, 5.74) is 1.05. The molecule has 5 atom stereocenters. The summed E-state index contributed by atoms with van der Waals surface area (Å²) in [7, 11) is 1.60.